The molecule has 0 saturated carbocycles. The van der Waals surface area contributed by atoms with Crippen molar-refractivity contribution in [3.8, 4) is 0 Å². The summed E-state index contributed by atoms with van der Waals surface area (Å²) in [6, 6.07) is 15.6. The van der Waals surface area contributed by atoms with Crippen LogP contribution < -0.4 is 4.72 Å². The molecule has 1 heterocycles. The van der Waals surface area contributed by atoms with Crippen molar-refractivity contribution < 1.29 is 8.42 Å². The number of aryl methyl sites for hydroxylation is 1. The van der Waals surface area contributed by atoms with Gasteiger partial charge in [0.25, 0.3) is 10.0 Å². The van der Waals surface area contributed by atoms with Crippen LogP contribution >= 0.6 is 12.2 Å². The number of hydrogen-bond donors (Lipinski definition) is 2. The molecule has 112 valence electrons. The van der Waals surface area contributed by atoms with Gasteiger partial charge in [-0.15, -0.1) is 0 Å². The van der Waals surface area contributed by atoms with Gasteiger partial charge in [-0.2, -0.15) is 0 Å². The number of anilines is 1. The van der Waals surface area contributed by atoms with Gasteiger partial charge in [-0.05, 0) is 48.9 Å². The van der Waals surface area contributed by atoms with E-state index in [0.717, 1.165) is 16.5 Å². The number of para-hydroxylation sites is 1. The minimum absolute atomic E-state index is 0.220. The molecule has 22 heavy (non-hydrogen) atoms. The number of sulfonamides is 1. The fourth-order valence-corrected chi connectivity index (χ4v) is 3.66. The molecule has 0 unspecified atom stereocenters. The Hall–Kier alpha value is -2.18. The van der Waals surface area contributed by atoms with Crippen molar-refractivity contribution in [2.75, 3.05) is 4.72 Å². The van der Waals surface area contributed by atoms with Gasteiger partial charge in [-0.25, -0.2) is 8.42 Å². The van der Waals surface area contributed by atoms with Crippen LogP contribution in [0.15, 0.2) is 59.5 Å². The molecule has 0 saturated heterocycles. The molecule has 6 heteroatoms. The van der Waals surface area contributed by atoms with Crippen LogP contribution in [0.25, 0.3) is 10.9 Å². The summed E-state index contributed by atoms with van der Waals surface area (Å²) in [7, 11) is -3.62. The molecule has 1 aromatic heterocycles. The molecular formula is C16H14N2O2S2. The van der Waals surface area contributed by atoms with Crippen LogP contribution in [0.3, 0.4) is 0 Å². The molecular weight excluding hydrogens is 316 g/mol. The summed E-state index contributed by atoms with van der Waals surface area (Å²) in [6.07, 6.45) is 0. The van der Waals surface area contributed by atoms with E-state index < -0.39 is 10.0 Å². The van der Waals surface area contributed by atoms with Crippen molar-refractivity contribution in [2.45, 2.75) is 11.8 Å². The second kappa shape index (κ2) is 5.55. The number of hydrogen-bond acceptors (Lipinski definition) is 3. The van der Waals surface area contributed by atoms with Gasteiger partial charge in [0.1, 0.15) is 4.64 Å². The smallest absolute Gasteiger partial charge is 0.261 e. The predicted molar refractivity (Wildman–Crippen MR) is 91.1 cm³/mol. The summed E-state index contributed by atoms with van der Waals surface area (Å²) in [6.45, 7) is 1.91. The van der Waals surface area contributed by atoms with Gasteiger partial charge in [0.15, 0.2) is 0 Å². The highest BCUT2D eigenvalue weighted by Crippen LogP contribution is 2.22. The highest BCUT2D eigenvalue weighted by atomic mass is 32.2. The number of pyridine rings is 1. The molecule has 0 aliphatic rings. The fourth-order valence-electron chi connectivity index (χ4n) is 2.29. The van der Waals surface area contributed by atoms with Crippen LogP contribution in [0.1, 0.15) is 5.56 Å². The number of H-pyrrole nitrogens is 1. The maximum absolute atomic E-state index is 12.5. The topological polar surface area (TPSA) is 62.0 Å². The van der Waals surface area contributed by atoms with Crippen LogP contribution in [0, 0.1) is 11.6 Å². The first-order chi connectivity index (χ1) is 10.5. The van der Waals surface area contributed by atoms with Crippen LogP contribution in [-0.4, -0.2) is 13.4 Å². The lowest BCUT2D eigenvalue weighted by molar-refractivity contribution is 0.601. The molecule has 0 fully saturated rings. The van der Waals surface area contributed by atoms with Gasteiger partial charge in [0.2, 0.25) is 0 Å². The van der Waals surface area contributed by atoms with Gasteiger partial charge in [0, 0.05) is 16.6 Å². The first-order valence-electron chi connectivity index (χ1n) is 6.67. The maximum Gasteiger partial charge on any atom is 0.261 e. The average molecular weight is 330 g/mol. The monoisotopic (exact) mass is 330 g/mol. The third-order valence-corrected chi connectivity index (χ3v) is 4.96. The lowest BCUT2D eigenvalue weighted by Gasteiger charge is -2.10. The molecule has 0 spiro atoms. The molecule has 2 aromatic carbocycles. The minimum atomic E-state index is -3.62. The van der Waals surface area contributed by atoms with Crippen LogP contribution in [0.4, 0.5) is 5.69 Å². The first kappa shape index (κ1) is 14.7. The van der Waals surface area contributed by atoms with Gasteiger partial charge in [-0.3, -0.25) is 4.72 Å². The SMILES string of the molecule is Cc1cc(=S)[nH]c2ccc(S(=O)(=O)Nc3ccccc3)cc12. The molecule has 0 aliphatic heterocycles. The lowest BCUT2D eigenvalue weighted by Crippen LogP contribution is -2.12. The molecule has 0 aliphatic carbocycles. The summed E-state index contributed by atoms with van der Waals surface area (Å²) in [5.74, 6) is 0. The number of fused-ring (bicyclic) bond motifs is 1. The summed E-state index contributed by atoms with van der Waals surface area (Å²) >= 11 is 5.13. The Morgan fingerprint density at radius 1 is 1.05 bits per heavy atom. The van der Waals surface area contributed by atoms with E-state index in [0.29, 0.717) is 10.3 Å². The van der Waals surface area contributed by atoms with Gasteiger partial charge in [-0.1, -0.05) is 30.4 Å². The standard InChI is InChI=1S/C16H14N2O2S2/c1-11-9-16(21)17-15-8-7-13(10-14(11)15)22(19,20)18-12-5-3-2-4-6-12/h2-10,18H,1H3,(H,17,21). The second-order valence-electron chi connectivity index (χ2n) is 5.00. The van der Waals surface area contributed by atoms with Gasteiger partial charge in [0.05, 0.1) is 4.90 Å². The minimum Gasteiger partial charge on any atom is -0.346 e. The highest BCUT2D eigenvalue weighted by Gasteiger charge is 2.15. The summed E-state index contributed by atoms with van der Waals surface area (Å²) in [4.78, 5) is 3.28. The van der Waals surface area contributed by atoms with Gasteiger partial charge < -0.3 is 4.98 Å². The van der Waals surface area contributed by atoms with E-state index in [4.69, 9.17) is 12.2 Å². The highest BCUT2D eigenvalue weighted by molar-refractivity contribution is 7.92. The number of rotatable bonds is 3. The van der Waals surface area contributed by atoms with E-state index in [2.05, 4.69) is 9.71 Å². The zero-order valence-corrected chi connectivity index (χ0v) is 13.5. The molecule has 3 rings (SSSR count). The summed E-state index contributed by atoms with van der Waals surface area (Å²) in [5.41, 5.74) is 2.30. The Labute approximate surface area is 133 Å². The van der Waals surface area contributed by atoms with Crippen molar-refractivity contribution in [1.82, 2.24) is 4.98 Å². The maximum atomic E-state index is 12.5. The zero-order chi connectivity index (χ0) is 15.7. The van der Waals surface area contributed by atoms with Crippen molar-refractivity contribution in [3.63, 3.8) is 0 Å². The molecule has 3 aromatic rings. The molecule has 2 N–H and O–H groups in total. The van der Waals surface area contributed by atoms with E-state index in [1.807, 2.05) is 19.1 Å². The number of benzene rings is 2. The van der Waals surface area contributed by atoms with Crippen molar-refractivity contribution in [3.05, 3.63) is 64.8 Å². The predicted octanol–water partition coefficient (Wildman–Crippen LogP) is 4.01. The number of aromatic amines is 1. The Bertz CT molecular complexity index is 994. The Morgan fingerprint density at radius 3 is 2.50 bits per heavy atom. The fraction of sp³-hybridized carbons (Fsp3) is 0.0625. The third kappa shape index (κ3) is 2.88. The van der Waals surface area contributed by atoms with E-state index in [-0.39, 0.29) is 4.90 Å². The quantitative estimate of drug-likeness (QED) is 0.713. The molecule has 0 atom stereocenters. The first-order valence-corrected chi connectivity index (χ1v) is 8.56. The Morgan fingerprint density at radius 2 is 1.77 bits per heavy atom. The van der Waals surface area contributed by atoms with Gasteiger partial charge >= 0.3 is 0 Å². The second-order valence-corrected chi connectivity index (χ2v) is 7.12. The van der Waals surface area contributed by atoms with Crippen molar-refractivity contribution in [2.24, 2.45) is 0 Å². The van der Waals surface area contributed by atoms with Crippen molar-refractivity contribution in [1.29, 1.82) is 0 Å². The van der Waals surface area contributed by atoms with Crippen LogP contribution in [0.5, 0.6) is 0 Å². The number of nitrogens with one attached hydrogen (secondary N) is 2. The Kier molecular flexibility index (Phi) is 3.72. The van der Waals surface area contributed by atoms with Crippen molar-refractivity contribution >= 4 is 38.8 Å². The largest absolute Gasteiger partial charge is 0.346 e. The van der Waals surface area contributed by atoms with Crippen LogP contribution in [0.2, 0.25) is 0 Å². The summed E-state index contributed by atoms with van der Waals surface area (Å²) < 4.78 is 28.2. The molecule has 0 amide bonds. The van der Waals surface area contributed by atoms with E-state index in [9.17, 15) is 8.42 Å². The summed E-state index contributed by atoms with van der Waals surface area (Å²) in [5, 5.41) is 0.838. The van der Waals surface area contributed by atoms with E-state index in [1.165, 1.54) is 0 Å². The zero-order valence-electron chi connectivity index (χ0n) is 11.8. The molecule has 0 bridgehead atoms. The lowest BCUT2D eigenvalue weighted by atomic mass is 10.1. The number of aromatic nitrogens is 1. The molecule has 4 nitrogen and oxygen atoms in total. The van der Waals surface area contributed by atoms with Crippen LogP contribution in [-0.2, 0) is 10.0 Å². The van der Waals surface area contributed by atoms with E-state index >= 15 is 0 Å². The normalized spacial score (nSPS) is 11.5. The van der Waals surface area contributed by atoms with E-state index in [1.54, 1.807) is 42.5 Å². The average Bonchev–Trinajstić information content (AvgIpc) is 2.47. The Balaban J connectivity index is 2.08. The molecule has 0 radical (unpaired) electrons. The third-order valence-electron chi connectivity index (χ3n) is 3.36.